The average molecular weight is 871 g/mol. The third kappa shape index (κ3) is 48.7. The van der Waals surface area contributed by atoms with Crippen molar-refractivity contribution in [3.8, 4) is 0 Å². The second-order valence-electron chi connectivity index (χ2n) is 16.1. The van der Waals surface area contributed by atoms with E-state index in [1.165, 1.54) is 51.4 Å². The molecule has 0 saturated carbocycles. The number of hydrogen-bond donors (Lipinski definition) is 0. The van der Waals surface area contributed by atoms with E-state index in [9.17, 15) is 14.4 Å². The van der Waals surface area contributed by atoms with E-state index in [-0.39, 0.29) is 37.5 Å². The van der Waals surface area contributed by atoms with Gasteiger partial charge < -0.3 is 14.2 Å². The molecule has 0 rings (SSSR count). The lowest BCUT2D eigenvalue weighted by atomic mass is 10.1. The van der Waals surface area contributed by atoms with Crippen molar-refractivity contribution in [1.29, 1.82) is 0 Å². The van der Waals surface area contributed by atoms with E-state index in [0.29, 0.717) is 19.3 Å². The molecule has 0 radical (unpaired) electrons. The van der Waals surface area contributed by atoms with Gasteiger partial charge in [-0.25, -0.2) is 0 Å². The standard InChI is InChI=1S/C57H90O6/c1-4-7-10-13-16-19-22-25-27-28-30-32-35-38-41-44-47-50-56(59)62-53-54(52-61-55(58)49-46-43-40-37-34-31-24-21-18-15-12-9-6-3)63-57(60)51-48-45-42-39-36-33-29-26-23-20-17-14-11-8-5-2/h8-9,11-12,14-21,23-27,29,33,36,54H,4-7,10,13,22,28,30-32,34-35,37-53H2,1-3H3/b11-8-,12-9-,17-14-,18-15-,19-16-,23-20-,24-21-,27-25-,29-26-,36-33-. The van der Waals surface area contributed by atoms with Crippen LogP contribution >= 0.6 is 0 Å². The van der Waals surface area contributed by atoms with Crippen molar-refractivity contribution in [2.24, 2.45) is 0 Å². The van der Waals surface area contributed by atoms with Gasteiger partial charge in [0.25, 0.3) is 0 Å². The minimum absolute atomic E-state index is 0.110. The second kappa shape index (κ2) is 50.5. The van der Waals surface area contributed by atoms with E-state index in [2.05, 4.69) is 87.6 Å². The summed E-state index contributed by atoms with van der Waals surface area (Å²) >= 11 is 0. The molecule has 0 fully saturated rings. The van der Waals surface area contributed by atoms with Crippen molar-refractivity contribution in [2.45, 2.75) is 207 Å². The first-order valence-corrected chi connectivity index (χ1v) is 25.1. The van der Waals surface area contributed by atoms with Crippen LogP contribution in [0.5, 0.6) is 0 Å². The van der Waals surface area contributed by atoms with Gasteiger partial charge in [-0.3, -0.25) is 14.4 Å². The molecule has 0 aliphatic heterocycles. The molecule has 0 aliphatic rings. The number of rotatable bonds is 43. The molecule has 0 N–H and O–H groups in total. The summed E-state index contributed by atoms with van der Waals surface area (Å²) in [6.07, 6.45) is 68.9. The fourth-order valence-corrected chi connectivity index (χ4v) is 6.37. The zero-order valence-electron chi connectivity index (χ0n) is 40.3. The molecule has 6 heteroatoms. The highest BCUT2D eigenvalue weighted by Crippen LogP contribution is 2.13. The lowest BCUT2D eigenvalue weighted by Crippen LogP contribution is -2.30. The Hall–Kier alpha value is -4.19. The molecular formula is C57H90O6. The molecule has 0 aliphatic carbocycles. The molecule has 0 saturated heterocycles. The third-order valence-electron chi connectivity index (χ3n) is 10.1. The maximum atomic E-state index is 12.8. The van der Waals surface area contributed by atoms with Gasteiger partial charge in [0, 0.05) is 19.3 Å². The molecule has 354 valence electrons. The lowest BCUT2D eigenvalue weighted by Gasteiger charge is -2.18. The summed E-state index contributed by atoms with van der Waals surface area (Å²) in [5, 5.41) is 0. The van der Waals surface area contributed by atoms with E-state index < -0.39 is 6.10 Å². The van der Waals surface area contributed by atoms with Gasteiger partial charge >= 0.3 is 17.9 Å². The van der Waals surface area contributed by atoms with Crippen molar-refractivity contribution in [3.63, 3.8) is 0 Å². The van der Waals surface area contributed by atoms with Gasteiger partial charge in [0.2, 0.25) is 0 Å². The van der Waals surface area contributed by atoms with Crippen LogP contribution in [-0.2, 0) is 28.6 Å². The molecule has 0 bridgehead atoms. The Kier molecular flexibility index (Phi) is 47.1. The Labute approximate surface area is 386 Å². The number of allylic oxidation sites excluding steroid dienone is 20. The van der Waals surface area contributed by atoms with Gasteiger partial charge in [0.1, 0.15) is 13.2 Å². The summed E-state index contributed by atoms with van der Waals surface area (Å²) in [4.78, 5) is 37.9. The minimum atomic E-state index is -0.815. The van der Waals surface area contributed by atoms with E-state index in [4.69, 9.17) is 14.2 Å². The normalized spacial score (nSPS) is 13.1. The topological polar surface area (TPSA) is 78.9 Å². The number of carbonyl (C=O) groups is 3. The van der Waals surface area contributed by atoms with Gasteiger partial charge in [0.15, 0.2) is 6.10 Å². The first kappa shape index (κ1) is 58.8. The number of carbonyl (C=O) groups excluding carboxylic acids is 3. The van der Waals surface area contributed by atoms with Crippen molar-refractivity contribution >= 4 is 17.9 Å². The summed E-state index contributed by atoms with van der Waals surface area (Å²) in [6, 6.07) is 0. The Morgan fingerprint density at radius 1 is 0.349 bits per heavy atom. The van der Waals surface area contributed by atoms with Crippen LogP contribution in [0.3, 0.4) is 0 Å². The maximum Gasteiger partial charge on any atom is 0.306 e. The molecule has 0 heterocycles. The molecule has 63 heavy (non-hydrogen) atoms. The zero-order chi connectivity index (χ0) is 45.8. The van der Waals surface area contributed by atoms with Crippen LogP contribution in [0.25, 0.3) is 0 Å². The Bertz CT molecular complexity index is 1370. The van der Waals surface area contributed by atoms with Crippen LogP contribution in [-0.4, -0.2) is 37.2 Å². The summed E-state index contributed by atoms with van der Waals surface area (Å²) in [5.41, 5.74) is 0. The van der Waals surface area contributed by atoms with Crippen molar-refractivity contribution in [2.75, 3.05) is 13.2 Å². The SMILES string of the molecule is CC\C=C/C=C\C=C/C=C\C=C/CCCCCC(=O)OC(COC(=O)CCCCCCC\C=C/C=C\C=C/CC)COC(=O)CCCCCCCCC/C=C\C/C=C\CCCCC. The second-order valence-corrected chi connectivity index (χ2v) is 16.1. The van der Waals surface area contributed by atoms with E-state index in [1.54, 1.807) is 0 Å². The number of hydrogen-bond acceptors (Lipinski definition) is 6. The predicted molar refractivity (Wildman–Crippen MR) is 269 cm³/mol. The maximum absolute atomic E-state index is 12.8. The lowest BCUT2D eigenvalue weighted by molar-refractivity contribution is -0.167. The highest BCUT2D eigenvalue weighted by atomic mass is 16.6. The zero-order valence-corrected chi connectivity index (χ0v) is 40.3. The molecule has 0 aromatic heterocycles. The largest absolute Gasteiger partial charge is 0.462 e. The number of unbranched alkanes of at least 4 members (excludes halogenated alkanes) is 18. The van der Waals surface area contributed by atoms with Crippen molar-refractivity contribution < 1.29 is 28.6 Å². The van der Waals surface area contributed by atoms with Crippen LogP contribution in [0.2, 0.25) is 0 Å². The number of ether oxygens (including phenoxy) is 3. The van der Waals surface area contributed by atoms with Gasteiger partial charge in [-0.05, 0) is 89.9 Å². The van der Waals surface area contributed by atoms with E-state index >= 15 is 0 Å². The van der Waals surface area contributed by atoms with E-state index in [0.717, 1.165) is 103 Å². The fraction of sp³-hybridized carbons (Fsp3) is 0.596. The minimum Gasteiger partial charge on any atom is -0.462 e. The van der Waals surface area contributed by atoms with Crippen LogP contribution < -0.4 is 0 Å². The summed E-state index contributed by atoms with van der Waals surface area (Å²) in [7, 11) is 0. The van der Waals surface area contributed by atoms with Gasteiger partial charge in [-0.2, -0.15) is 0 Å². The van der Waals surface area contributed by atoms with Crippen molar-refractivity contribution in [3.05, 3.63) is 122 Å². The first-order valence-electron chi connectivity index (χ1n) is 25.1. The van der Waals surface area contributed by atoms with Crippen LogP contribution in [0.4, 0.5) is 0 Å². The smallest absolute Gasteiger partial charge is 0.306 e. The quantitative estimate of drug-likeness (QED) is 0.0200. The molecule has 6 nitrogen and oxygen atoms in total. The Morgan fingerprint density at radius 2 is 0.683 bits per heavy atom. The highest BCUT2D eigenvalue weighted by Gasteiger charge is 2.19. The van der Waals surface area contributed by atoms with Crippen LogP contribution in [0.1, 0.15) is 201 Å². The molecule has 1 atom stereocenters. The van der Waals surface area contributed by atoms with Crippen molar-refractivity contribution in [1.82, 2.24) is 0 Å². The third-order valence-corrected chi connectivity index (χ3v) is 10.1. The fourth-order valence-electron chi connectivity index (χ4n) is 6.37. The average Bonchev–Trinajstić information content (AvgIpc) is 3.28. The highest BCUT2D eigenvalue weighted by molar-refractivity contribution is 5.71. The molecule has 0 amide bonds. The predicted octanol–water partition coefficient (Wildman–Crippen LogP) is 16.5. The molecular weight excluding hydrogens is 781 g/mol. The summed E-state index contributed by atoms with van der Waals surface area (Å²) in [6.45, 7) is 6.25. The first-order chi connectivity index (χ1) is 31.0. The molecule has 0 aromatic rings. The monoisotopic (exact) mass is 871 g/mol. The number of esters is 3. The van der Waals surface area contributed by atoms with Gasteiger partial charge in [-0.15, -0.1) is 0 Å². The molecule has 1 unspecified atom stereocenters. The molecule has 0 spiro atoms. The van der Waals surface area contributed by atoms with Gasteiger partial charge in [-0.1, -0.05) is 213 Å². The van der Waals surface area contributed by atoms with Gasteiger partial charge in [0.05, 0.1) is 0 Å². The Morgan fingerprint density at radius 3 is 1.11 bits per heavy atom. The van der Waals surface area contributed by atoms with Crippen LogP contribution in [0, 0.1) is 0 Å². The van der Waals surface area contributed by atoms with E-state index in [1.807, 2.05) is 54.7 Å². The van der Waals surface area contributed by atoms with Crippen LogP contribution in [0.15, 0.2) is 122 Å². The summed E-state index contributed by atoms with van der Waals surface area (Å²) < 4.78 is 16.7. The molecule has 0 aromatic carbocycles. The Balaban J connectivity index is 4.52. The summed E-state index contributed by atoms with van der Waals surface area (Å²) in [5.74, 6) is -0.990.